The molecule has 0 radical (unpaired) electrons. The maximum atomic E-state index is 12.5. The van der Waals surface area contributed by atoms with Gasteiger partial charge in [-0.25, -0.2) is 9.97 Å². The predicted octanol–water partition coefficient (Wildman–Crippen LogP) is 3.57. The molecule has 0 aliphatic carbocycles. The number of ether oxygens (including phenoxy) is 1. The summed E-state index contributed by atoms with van der Waals surface area (Å²) in [6.45, 7) is 4.47. The van der Waals surface area contributed by atoms with E-state index in [-0.39, 0.29) is 12.5 Å². The fourth-order valence-electron chi connectivity index (χ4n) is 3.77. The molecule has 1 aliphatic heterocycles. The SMILES string of the molecule is CCn1c(C[C@H]2CCN(C(=O)COc3cccc(Cl)c3)C2)nc2cccnc21. The lowest BCUT2D eigenvalue weighted by atomic mass is 10.0. The number of hydrogen-bond acceptors (Lipinski definition) is 4. The number of rotatable bonds is 6. The van der Waals surface area contributed by atoms with Crippen LogP contribution < -0.4 is 4.74 Å². The van der Waals surface area contributed by atoms with Gasteiger partial charge in [0.2, 0.25) is 0 Å². The fraction of sp³-hybridized carbons (Fsp3) is 0.381. The summed E-state index contributed by atoms with van der Waals surface area (Å²) >= 11 is 5.95. The summed E-state index contributed by atoms with van der Waals surface area (Å²) in [6, 6.07) is 11.0. The Bertz CT molecular complexity index is 987. The molecule has 146 valence electrons. The van der Waals surface area contributed by atoms with Crippen LogP contribution in [0.25, 0.3) is 11.2 Å². The van der Waals surface area contributed by atoms with Crippen LogP contribution >= 0.6 is 11.6 Å². The molecule has 3 heterocycles. The van der Waals surface area contributed by atoms with Crippen molar-refractivity contribution in [3.05, 3.63) is 53.4 Å². The highest BCUT2D eigenvalue weighted by Crippen LogP contribution is 2.23. The molecule has 1 fully saturated rings. The van der Waals surface area contributed by atoms with Crippen molar-refractivity contribution in [1.82, 2.24) is 19.4 Å². The summed E-state index contributed by atoms with van der Waals surface area (Å²) in [4.78, 5) is 23.6. The molecule has 7 heteroatoms. The molecule has 6 nitrogen and oxygen atoms in total. The normalized spacial score (nSPS) is 16.6. The van der Waals surface area contributed by atoms with Gasteiger partial charge in [0.15, 0.2) is 12.3 Å². The van der Waals surface area contributed by atoms with Crippen LogP contribution in [-0.4, -0.2) is 45.0 Å². The zero-order chi connectivity index (χ0) is 19.5. The van der Waals surface area contributed by atoms with Crippen LogP contribution in [0.1, 0.15) is 19.2 Å². The van der Waals surface area contributed by atoms with Crippen LogP contribution in [0.15, 0.2) is 42.6 Å². The number of nitrogens with zero attached hydrogens (tertiary/aromatic N) is 4. The first-order valence-corrected chi connectivity index (χ1v) is 9.98. The number of aromatic nitrogens is 3. The second-order valence-electron chi connectivity index (χ2n) is 7.06. The number of carbonyl (C=O) groups excluding carboxylic acids is 1. The summed E-state index contributed by atoms with van der Waals surface area (Å²) in [6.07, 6.45) is 3.63. The lowest BCUT2D eigenvalue weighted by Crippen LogP contribution is -2.33. The van der Waals surface area contributed by atoms with Gasteiger partial charge >= 0.3 is 0 Å². The quantitative estimate of drug-likeness (QED) is 0.636. The van der Waals surface area contributed by atoms with E-state index in [2.05, 4.69) is 16.5 Å². The molecule has 1 aliphatic rings. The van der Waals surface area contributed by atoms with Crippen molar-refractivity contribution in [2.75, 3.05) is 19.7 Å². The molecule has 28 heavy (non-hydrogen) atoms. The van der Waals surface area contributed by atoms with Gasteiger partial charge in [-0.3, -0.25) is 4.79 Å². The van der Waals surface area contributed by atoms with Gasteiger partial charge in [0, 0.05) is 37.3 Å². The summed E-state index contributed by atoms with van der Waals surface area (Å²) in [7, 11) is 0. The maximum Gasteiger partial charge on any atom is 0.260 e. The molecule has 2 aromatic heterocycles. The third-order valence-corrected chi connectivity index (χ3v) is 5.40. The standard InChI is InChI=1S/C21H23ClN4O2/c1-2-26-19(24-18-7-4-9-23-21(18)26)11-15-8-10-25(13-15)20(27)14-28-17-6-3-5-16(22)12-17/h3-7,9,12,15H,2,8,10-11,13-14H2,1H3/t15-/m1/s1. The number of hydrogen-bond donors (Lipinski definition) is 0. The van der Waals surface area contributed by atoms with Crippen molar-refractivity contribution in [2.45, 2.75) is 26.3 Å². The molecule has 3 aromatic rings. The molecule has 1 aromatic carbocycles. The minimum Gasteiger partial charge on any atom is -0.484 e. The zero-order valence-corrected chi connectivity index (χ0v) is 16.6. The van der Waals surface area contributed by atoms with Crippen LogP contribution in [0.3, 0.4) is 0 Å². The van der Waals surface area contributed by atoms with Gasteiger partial charge in [0.05, 0.1) is 0 Å². The van der Waals surface area contributed by atoms with Crippen LogP contribution in [0, 0.1) is 5.92 Å². The Balaban J connectivity index is 1.36. The van der Waals surface area contributed by atoms with Gasteiger partial charge < -0.3 is 14.2 Å². The summed E-state index contributed by atoms with van der Waals surface area (Å²) in [5.74, 6) is 2.07. The van der Waals surface area contributed by atoms with Crippen LogP contribution in [0.2, 0.25) is 5.02 Å². The van der Waals surface area contributed by atoms with E-state index in [9.17, 15) is 4.79 Å². The number of benzene rings is 1. The molecule has 0 bridgehead atoms. The number of imidazole rings is 1. The third kappa shape index (κ3) is 3.97. The monoisotopic (exact) mass is 398 g/mol. The van der Waals surface area contributed by atoms with E-state index < -0.39 is 0 Å². The third-order valence-electron chi connectivity index (χ3n) is 5.17. The number of carbonyl (C=O) groups is 1. The molecule has 0 spiro atoms. The molecule has 1 saturated heterocycles. The number of likely N-dealkylation sites (tertiary alicyclic amines) is 1. The summed E-state index contributed by atoms with van der Waals surface area (Å²) in [5.41, 5.74) is 1.86. The highest BCUT2D eigenvalue weighted by molar-refractivity contribution is 6.30. The van der Waals surface area contributed by atoms with E-state index >= 15 is 0 Å². The molecular weight excluding hydrogens is 376 g/mol. The van der Waals surface area contributed by atoms with Crippen molar-refractivity contribution in [2.24, 2.45) is 5.92 Å². The minimum atomic E-state index is 0.00753. The van der Waals surface area contributed by atoms with Crippen LogP contribution in [0.5, 0.6) is 5.75 Å². The lowest BCUT2D eigenvalue weighted by molar-refractivity contribution is -0.132. The van der Waals surface area contributed by atoms with E-state index in [4.69, 9.17) is 21.3 Å². The van der Waals surface area contributed by atoms with Gasteiger partial charge in [-0.2, -0.15) is 0 Å². The Kier molecular flexibility index (Phi) is 5.48. The number of aryl methyl sites for hydroxylation is 1. The Labute approximate surface area is 169 Å². The first-order chi connectivity index (χ1) is 13.6. The van der Waals surface area contributed by atoms with Crippen molar-refractivity contribution >= 4 is 28.7 Å². The largest absolute Gasteiger partial charge is 0.484 e. The first-order valence-electron chi connectivity index (χ1n) is 9.60. The van der Waals surface area contributed by atoms with Gasteiger partial charge in [-0.15, -0.1) is 0 Å². The van der Waals surface area contributed by atoms with Gasteiger partial charge in [0.1, 0.15) is 17.1 Å². The number of pyridine rings is 1. The van der Waals surface area contributed by atoms with E-state index in [1.165, 1.54) is 0 Å². The summed E-state index contributed by atoms with van der Waals surface area (Å²) < 4.78 is 7.76. The average Bonchev–Trinajstić information content (AvgIpc) is 3.30. The van der Waals surface area contributed by atoms with E-state index in [0.29, 0.717) is 16.7 Å². The highest BCUT2D eigenvalue weighted by Gasteiger charge is 2.28. The molecule has 0 unspecified atom stereocenters. The zero-order valence-electron chi connectivity index (χ0n) is 15.8. The van der Waals surface area contributed by atoms with Crippen molar-refractivity contribution in [1.29, 1.82) is 0 Å². The molecule has 1 amide bonds. The Hall–Kier alpha value is -2.60. The van der Waals surface area contributed by atoms with Crippen molar-refractivity contribution in [3.63, 3.8) is 0 Å². The van der Waals surface area contributed by atoms with E-state index in [0.717, 1.165) is 49.5 Å². The number of fused-ring (bicyclic) bond motifs is 1. The Morgan fingerprint density at radius 1 is 1.32 bits per heavy atom. The summed E-state index contributed by atoms with van der Waals surface area (Å²) in [5, 5.41) is 0.597. The van der Waals surface area contributed by atoms with Crippen molar-refractivity contribution in [3.8, 4) is 5.75 Å². The topological polar surface area (TPSA) is 60.2 Å². The van der Waals surface area contributed by atoms with Gasteiger partial charge in [-0.1, -0.05) is 17.7 Å². The minimum absolute atomic E-state index is 0.00753. The van der Waals surface area contributed by atoms with Gasteiger partial charge in [-0.05, 0) is 49.6 Å². The Morgan fingerprint density at radius 2 is 2.21 bits per heavy atom. The molecule has 0 saturated carbocycles. The smallest absolute Gasteiger partial charge is 0.260 e. The predicted molar refractivity (Wildman–Crippen MR) is 109 cm³/mol. The van der Waals surface area contributed by atoms with Crippen LogP contribution in [-0.2, 0) is 17.8 Å². The number of amides is 1. The second-order valence-corrected chi connectivity index (χ2v) is 7.50. The fourth-order valence-corrected chi connectivity index (χ4v) is 3.95. The lowest BCUT2D eigenvalue weighted by Gasteiger charge is -2.17. The maximum absolute atomic E-state index is 12.5. The molecular formula is C21H23ClN4O2. The van der Waals surface area contributed by atoms with E-state index in [1.54, 1.807) is 24.4 Å². The van der Waals surface area contributed by atoms with Gasteiger partial charge in [0.25, 0.3) is 5.91 Å². The molecule has 0 N–H and O–H groups in total. The molecule has 1 atom stereocenters. The van der Waals surface area contributed by atoms with E-state index in [1.807, 2.05) is 23.1 Å². The number of halogens is 1. The average molecular weight is 399 g/mol. The first kappa shape index (κ1) is 18.7. The molecule has 4 rings (SSSR count). The van der Waals surface area contributed by atoms with Crippen LogP contribution in [0.4, 0.5) is 0 Å². The van der Waals surface area contributed by atoms with Crippen molar-refractivity contribution < 1.29 is 9.53 Å². The second kappa shape index (κ2) is 8.19. The Morgan fingerprint density at radius 3 is 3.04 bits per heavy atom. The highest BCUT2D eigenvalue weighted by atomic mass is 35.5.